The molecule has 2 rings (SSSR count). The number of hydrogen-bond acceptors (Lipinski definition) is 3. The Balaban J connectivity index is 1.87. The Morgan fingerprint density at radius 1 is 1.00 bits per heavy atom. The lowest BCUT2D eigenvalue weighted by Gasteiger charge is -1.96. The number of nitrogens with one attached hydrogen (secondary N) is 1. The van der Waals surface area contributed by atoms with Gasteiger partial charge in [0, 0.05) is 5.02 Å². The summed E-state index contributed by atoms with van der Waals surface area (Å²) in [6.45, 7) is 0. The fourth-order valence-corrected chi connectivity index (χ4v) is 1.58. The molecule has 0 heterocycles. The number of rotatable bonds is 4. The Labute approximate surface area is 132 Å². The SMILES string of the molecule is N/C(=N\N=Cc1ccc(F)cc1)NN=Cc1ccc(Cl)cc1. The summed E-state index contributed by atoms with van der Waals surface area (Å²) in [6, 6.07) is 13.0. The topological polar surface area (TPSA) is 75.1 Å². The first-order chi connectivity index (χ1) is 10.6. The zero-order chi connectivity index (χ0) is 15.8. The van der Waals surface area contributed by atoms with E-state index in [1.165, 1.54) is 18.3 Å². The van der Waals surface area contributed by atoms with Gasteiger partial charge in [0.25, 0.3) is 0 Å². The van der Waals surface area contributed by atoms with Gasteiger partial charge in [-0.15, -0.1) is 5.10 Å². The maximum absolute atomic E-state index is 12.7. The smallest absolute Gasteiger partial charge is 0.234 e. The molecule has 2 aromatic rings. The number of halogens is 2. The zero-order valence-corrected chi connectivity index (χ0v) is 12.2. The molecule has 22 heavy (non-hydrogen) atoms. The molecule has 0 aliphatic rings. The van der Waals surface area contributed by atoms with Gasteiger partial charge in [-0.25, -0.2) is 9.82 Å². The molecule has 2 aromatic carbocycles. The molecule has 0 fully saturated rings. The predicted octanol–water partition coefficient (Wildman–Crippen LogP) is 2.75. The van der Waals surface area contributed by atoms with Gasteiger partial charge in [-0.05, 0) is 35.4 Å². The van der Waals surface area contributed by atoms with Crippen LogP contribution in [-0.4, -0.2) is 18.4 Å². The van der Waals surface area contributed by atoms with Crippen molar-refractivity contribution in [3.63, 3.8) is 0 Å². The van der Waals surface area contributed by atoms with Crippen molar-refractivity contribution >= 4 is 30.0 Å². The summed E-state index contributed by atoms with van der Waals surface area (Å²) >= 11 is 5.78. The second kappa shape index (κ2) is 7.90. The van der Waals surface area contributed by atoms with E-state index in [0.717, 1.165) is 5.56 Å². The highest BCUT2D eigenvalue weighted by molar-refractivity contribution is 6.30. The molecule has 0 aromatic heterocycles. The lowest BCUT2D eigenvalue weighted by Crippen LogP contribution is -2.26. The van der Waals surface area contributed by atoms with Gasteiger partial charge < -0.3 is 5.73 Å². The summed E-state index contributed by atoms with van der Waals surface area (Å²) in [6.07, 6.45) is 3.03. The van der Waals surface area contributed by atoms with E-state index >= 15 is 0 Å². The van der Waals surface area contributed by atoms with E-state index in [1.807, 2.05) is 12.1 Å². The van der Waals surface area contributed by atoms with E-state index in [2.05, 4.69) is 20.7 Å². The van der Waals surface area contributed by atoms with Crippen molar-refractivity contribution < 1.29 is 4.39 Å². The Kier molecular flexibility index (Phi) is 5.62. The van der Waals surface area contributed by atoms with Crippen molar-refractivity contribution in [2.75, 3.05) is 0 Å². The van der Waals surface area contributed by atoms with Gasteiger partial charge in [-0.2, -0.15) is 10.2 Å². The van der Waals surface area contributed by atoms with Crippen LogP contribution in [0.2, 0.25) is 5.02 Å². The molecule has 112 valence electrons. The van der Waals surface area contributed by atoms with Crippen LogP contribution in [0.15, 0.2) is 63.8 Å². The first-order valence-corrected chi connectivity index (χ1v) is 6.68. The van der Waals surface area contributed by atoms with E-state index in [4.69, 9.17) is 17.3 Å². The summed E-state index contributed by atoms with van der Waals surface area (Å²) < 4.78 is 12.7. The highest BCUT2D eigenvalue weighted by atomic mass is 35.5. The summed E-state index contributed by atoms with van der Waals surface area (Å²) in [7, 11) is 0. The van der Waals surface area contributed by atoms with Gasteiger partial charge in [-0.1, -0.05) is 35.9 Å². The molecule has 7 heteroatoms. The van der Waals surface area contributed by atoms with Crippen LogP contribution in [0, 0.1) is 5.82 Å². The Hall–Kier alpha value is -2.73. The Bertz CT molecular complexity index is 693. The third kappa shape index (κ3) is 5.34. The van der Waals surface area contributed by atoms with Crippen molar-refractivity contribution in [3.05, 3.63) is 70.5 Å². The normalized spacial score (nSPS) is 12.2. The van der Waals surface area contributed by atoms with Gasteiger partial charge in [0.05, 0.1) is 12.4 Å². The number of hydrogen-bond donors (Lipinski definition) is 2. The average Bonchev–Trinajstić information content (AvgIpc) is 2.51. The van der Waals surface area contributed by atoms with Crippen LogP contribution in [0.3, 0.4) is 0 Å². The largest absolute Gasteiger partial charge is 0.367 e. The molecule has 0 unspecified atom stereocenters. The first kappa shape index (κ1) is 15.7. The number of nitrogens with zero attached hydrogens (tertiary/aromatic N) is 3. The lowest BCUT2D eigenvalue weighted by molar-refractivity contribution is 0.628. The van der Waals surface area contributed by atoms with E-state index in [0.29, 0.717) is 10.6 Å². The van der Waals surface area contributed by atoms with Crippen LogP contribution < -0.4 is 11.2 Å². The minimum Gasteiger partial charge on any atom is -0.367 e. The highest BCUT2D eigenvalue weighted by Gasteiger charge is 1.91. The van der Waals surface area contributed by atoms with Crippen LogP contribution in [0.5, 0.6) is 0 Å². The molecule has 0 atom stereocenters. The minimum atomic E-state index is -0.307. The monoisotopic (exact) mass is 317 g/mol. The molecule has 0 aliphatic carbocycles. The van der Waals surface area contributed by atoms with Gasteiger partial charge in [0.1, 0.15) is 5.82 Å². The summed E-state index contributed by atoms with van der Waals surface area (Å²) in [5, 5.41) is 12.0. The molecule has 0 aliphatic heterocycles. The van der Waals surface area contributed by atoms with Crippen LogP contribution >= 0.6 is 11.6 Å². The fraction of sp³-hybridized carbons (Fsp3) is 0. The van der Waals surface area contributed by atoms with Gasteiger partial charge in [0.15, 0.2) is 0 Å². The second-order valence-electron chi connectivity index (χ2n) is 4.20. The molecule has 0 saturated heterocycles. The number of nitrogens with two attached hydrogens (primary N) is 1. The van der Waals surface area contributed by atoms with Crippen LogP contribution in [-0.2, 0) is 0 Å². The van der Waals surface area contributed by atoms with E-state index in [1.54, 1.807) is 30.5 Å². The minimum absolute atomic E-state index is 0.0311. The van der Waals surface area contributed by atoms with E-state index < -0.39 is 0 Å². The average molecular weight is 318 g/mol. The molecule has 0 spiro atoms. The van der Waals surface area contributed by atoms with E-state index in [-0.39, 0.29) is 11.8 Å². The van der Waals surface area contributed by atoms with Crippen LogP contribution in [0.1, 0.15) is 11.1 Å². The quantitative estimate of drug-likeness (QED) is 0.517. The molecular formula is C15H13ClFN5. The van der Waals surface area contributed by atoms with Gasteiger partial charge in [-0.3, -0.25) is 0 Å². The summed E-state index contributed by atoms with van der Waals surface area (Å²) in [4.78, 5) is 0. The van der Waals surface area contributed by atoms with E-state index in [9.17, 15) is 4.39 Å². The fourth-order valence-electron chi connectivity index (χ4n) is 1.45. The van der Waals surface area contributed by atoms with Crippen LogP contribution in [0.4, 0.5) is 4.39 Å². The second-order valence-corrected chi connectivity index (χ2v) is 4.64. The molecular weight excluding hydrogens is 305 g/mol. The summed E-state index contributed by atoms with van der Waals surface area (Å²) in [5.74, 6) is -0.276. The standard InChI is InChI=1S/C15H13ClFN5/c16-13-5-1-11(2-6-13)9-19-21-15(18)22-20-10-12-3-7-14(17)8-4-12/h1-10H,(H3,18,21,22). The molecule has 0 radical (unpaired) electrons. The Morgan fingerprint density at radius 2 is 1.59 bits per heavy atom. The highest BCUT2D eigenvalue weighted by Crippen LogP contribution is 2.07. The predicted molar refractivity (Wildman–Crippen MR) is 87.8 cm³/mol. The number of guanidine groups is 1. The van der Waals surface area contributed by atoms with Crippen LogP contribution in [0.25, 0.3) is 0 Å². The van der Waals surface area contributed by atoms with Crippen molar-refractivity contribution in [2.45, 2.75) is 0 Å². The number of benzene rings is 2. The van der Waals surface area contributed by atoms with Crippen molar-refractivity contribution in [1.82, 2.24) is 5.43 Å². The number of hydrazone groups is 1. The molecule has 0 amide bonds. The maximum atomic E-state index is 12.7. The molecule has 0 saturated carbocycles. The summed E-state index contributed by atoms with van der Waals surface area (Å²) in [5.41, 5.74) is 9.68. The van der Waals surface area contributed by atoms with Crippen molar-refractivity contribution in [2.24, 2.45) is 21.0 Å². The third-order valence-electron chi connectivity index (χ3n) is 2.51. The first-order valence-electron chi connectivity index (χ1n) is 6.30. The Morgan fingerprint density at radius 3 is 2.27 bits per heavy atom. The van der Waals surface area contributed by atoms with Gasteiger partial charge in [0.2, 0.25) is 5.96 Å². The van der Waals surface area contributed by atoms with Gasteiger partial charge >= 0.3 is 0 Å². The molecule has 0 bridgehead atoms. The van der Waals surface area contributed by atoms with Crippen molar-refractivity contribution in [3.8, 4) is 0 Å². The molecule has 3 N–H and O–H groups in total. The zero-order valence-electron chi connectivity index (χ0n) is 11.4. The third-order valence-corrected chi connectivity index (χ3v) is 2.76. The molecule has 5 nitrogen and oxygen atoms in total. The van der Waals surface area contributed by atoms with Crippen molar-refractivity contribution in [1.29, 1.82) is 0 Å². The lowest BCUT2D eigenvalue weighted by atomic mass is 10.2. The maximum Gasteiger partial charge on any atom is 0.234 e.